The summed E-state index contributed by atoms with van der Waals surface area (Å²) in [5, 5.41) is 6.06. The molecule has 4 heteroatoms. The summed E-state index contributed by atoms with van der Waals surface area (Å²) in [5.41, 5.74) is 0. The van der Waals surface area contributed by atoms with E-state index in [2.05, 4.69) is 16.6 Å². The number of rotatable bonds is 3. The van der Waals surface area contributed by atoms with Gasteiger partial charge in [0, 0.05) is 30.5 Å². The molecule has 78 valence electrons. The third-order valence-corrected chi connectivity index (χ3v) is 3.19. The van der Waals surface area contributed by atoms with Crippen LogP contribution < -0.4 is 10.6 Å². The lowest BCUT2D eigenvalue weighted by Gasteiger charge is -2.22. The van der Waals surface area contributed by atoms with Crippen molar-refractivity contribution >= 4 is 17.7 Å². The lowest BCUT2D eigenvalue weighted by Crippen LogP contribution is -2.42. The molecule has 3 nitrogen and oxygen atoms in total. The fourth-order valence-electron chi connectivity index (χ4n) is 1.32. The van der Waals surface area contributed by atoms with Crippen molar-refractivity contribution < 1.29 is 4.79 Å². The molecule has 0 radical (unpaired) electrons. The molecule has 0 aromatic heterocycles. The molecule has 1 aliphatic heterocycles. The number of hydrogen-bond donors (Lipinski definition) is 2. The summed E-state index contributed by atoms with van der Waals surface area (Å²) >= 11 is 1.89. The van der Waals surface area contributed by atoms with Crippen LogP contribution in [0.3, 0.4) is 0 Å². The average Bonchev–Trinajstić information content (AvgIpc) is 2.19. The number of nitrogens with one attached hydrogen (secondary N) is 2. The first-order valence-corrected chi connectivity index (χ1v) is 5.94. The summed E-state index contributed by atoms with van der Waals surface area (Å²) in [6, 6.07) is 0.137. The Morgan fingerprint density at radius 1 is 1.86 bits per heavy atom. The lowest BCUT2D eigenvalue weighted by atomic mass is 10.2. The zero-order valence-corrected chi connectivity index (χ0v) is 9.19. The topological polar surface area (TPSA) is 41.1 Å². The number of thioether (sulfide) groups is 1. The van der Waals surface area contributed by atoms with Gasteiger partial charge < -0.3 is 10.6 Å². The first-order valence-electron chi connectivity index (χ1n) is 4.79. The first kappa shape index (κ1) is 11.4. The molecule has 0 aromatic rings. The van der Waals surface area contributed by atoms with E-state index in [9.17, 15) is 4.79 Å². The van der Waals surface area contributed by atoms with Crippen LogP contribution in [-0.4, -0.2) is 36.0 Å². The van der Waals surface area contributed by atoms with Crippen LogP contribution in [0.1, 0.15) is 13.3 Å². The van der Waals surface area contributed by atoms with Crippen molar-refractivity contribution in [3.05, 3.63) is 0 Å². The predicted molar refractivity (Wildman–Crippen MR) is 60.2 cm³/mol. The van der Waals surface area contributed by atoms with Crippen molar-refractivity contribution in [2.24, 2.45) is 0 Å². The number of hydrogen-bond acceptors (Lipinski definition) is 3. The Kier molecular flexibility index (Phi) is 4.85. The highest BCUT2D eigenvalue weighted by molar-refractivity contribution is 7.99. The van der Waals surface area contributed by atoms with Crippen LogP contribution in [0.25, 0.3) is 0 Å². The highest BCUT2D eigenvalue weighted by Crippen LogP contribution is 2.09. The minimum atomic E-state index is -0.168. The van der Waals surface area contributed by atoms with E-state index in [1.54, 1.807) is 6.92 Å². The number of amides is 1. The number of carbonyl (C=O) groups is 1. The van der Waals surface area contributed by atoms with E-state index in [0.717, 1.165) is 18.1 Å². The van der Waals surface area contributed by atoms with E-state index in [0.29, 0.717) is 12.5 Å². The minimum Gasteiger partial charge on any atom is -0.343 e. The van der Waals surface area contributed by atoms with Gasteiger partial charge in [0.05, 0.1) is 6.04 Å². The second kappa shape index (κ2) is 5.94. The average molecular weight is 212 g/mol. The van der Waals surface area contributed by atoms with Gasteiger partial charge in [-0.2, -0.15) is 11.8 Å². The Morgan fingerprint density at radius 3 is 3.21 bits per heavy atom. The Bertz CT molecular complexity index is 231. The van der Waals surface area contributed by atoms with Gasteiger partial charge in [-0.1, -0.05) is 5.92 Å². The molecule has 1 rings (SSSR count). The van der Waals surface area contributed by atoms with Gasteiger partial charge in [-0.05, 0) is 6.92 Å². The van der Waals surface area contributed by atoms with Crippen molar-refractivity contribution in [3.8, 4) is 12.3 Å². The van der Waals surface area contributed by atoms with Crippen LogP contribution >= 0.6 is 11.8 Å². The first-order chi connectivity index (χ1) is 6.72. The predicted octanol–water partition coefficient (Wildman–Crippen LogP) is 0.219. The maximum Gasteiger partial charge on any atom is 0.222 e. The number of carbonyl (C=O) groups excluding carboxylic acids is 1. The summed E-state index contributed by atoms with van der Waals surface area (Å²) < 4.78 is 0. The fraction of sp³-hybridized carbons (Fsp3) is 0.700. The molecule has 1 saturated heterocycles. The standard InChI is InChI=1S/C10H16N2OS/c1-3-8(2)12-10(13)6-9-7-14-5-4-11-9/h1,8-9,11H,4-7H2,2H3,(H,12,13). The third-order valence-electron chi connectivity index (χ3n) is 2.06. The molecular weight excluding hydrogens is 196 g/mol. The molecule has 0 bridgehead atoms. The van der Waals surface area contributed by atoms with Gasteiger partial charge in [-0.25, -0.2) is 0 Å². The van der Waals surface area contributed by atoms with Crippen LogP contribution in [0.4, 0.5) is 0 Å². The quantitative estimate of drug-likeness (QED) is 0.658. The molecule has 14 heavy (non-hydrogen) atoms. The minimum absolute atomic E-state index is 0.0375. The highest BCUT2D eigenvalue weighted by atomic mass is 32.2. The normalized spacial score (nSPS) is 23.6. The molecule has 0 aromatic carbocycles. The fourth-order valence-corrected chi connectivity index (χ4v) is 2.27. The highest BCUT2D eigenvalue weighted by Gasteiger charge is 2.16. The second-order valence-corrected chi connectivity index (χ2v) is 4.54. The molecule has 0 saturated carbocycles. The monoisotopic (exact) mass is 212 g/mol. The molecule has 2 atom stereocenters. The van der Waals surface area contributed by atoms with Gasteiger partial charge in [-0.15, -0.1) is 6.42 Å². The Hall–Kier alpha value is -0.660. The molecular formula is C10H16N2OS. The zero-order chi connectivity index (χ0) is 10.4. The van der Waals surface area contributed by atoms with Crippen molar-refractivity contribution in [2.75, 3.05) is 18.1 Å². The van der Waals surface area contributed by atoms with E-state index in [4.69, 9.17) is 6.42 Å². The molecule has 0 spiro atoms. The van der Waals surface area contributed by atoms with Crippen molar-refractivity contribution in [1.29, 1.82) is 0 Å². The maximum absolute atomic E-state index is 11.4. The van der Waals surface area contributed by atoms with E-state index in [1.165, 1.54) is 0 Å². The van der Waals surface area contributed by atoms with E-state index < -0.39 is 0 Å². The molecule has 0 aliphatic carbocycles. The smallest absolute Gasteiger partial charge is 0.222 e. The summed E-state index contributed by atoms with van der Waals surface area (Å²) in [7, 11) is 0. The molecule has 1 amide bonds. The molecule has 1 fully saturated rings. The SMILES string of the molecule is C#CC(C)NC(=O)CC1CSCCN1. The Morgan fingerprint density at radius 2 is 2.64 bits per heavy atom. The zero-order valence-electron chi connectivity index (χ0n) is 8.38. The van der Waals surface area contributed by atoms with E-state index in [-0.39, 0.29) is 11.9 Å². The van der Waals surface area contributed by atoms with Gasteiger partial charge in [0.15, 0.2) is 0 Å². The summed E-state index contributed by atoms with van der Waals surface area (Å²) in [6.07, 6.45) is 5.70. The molecule has 2 N–H and O–H groups in total. The van der Waals surface area contributed by atoms with Crippen LogP contribution in [0.5, 0.6) is 0 Å². The van der Waals surface area contributed by atoms with Crippen molar-refractivity contribution in [3.63, 3.8) is 0 Å². The largest absolute Gasteiger partial charge is 0.343 e. The Labute approximate surface area is 89.4 Å². The van der Waals surface area contributed by atoms with Crippen LogP contribution in [0, 0.1) is 12.3 Å². The van der Waals surface area contributed by atoms with Gasteiger partial charge in [0.2, 0.25) is 5.91 Å². The summed E-state index contributed by atoms with van der Waals surface area (Å²) in [6.45, 7) is 2.80. The van der Waals surface area contributed by atoms with Crippen molar-refractivity contribution in [2.45, 2.75) is 25.4 Å². The number of terminal acetylenes is 1. The molecule has 2 unspecified atom stereocenters. The molecule has 1 aliphatic rings. The van der Waals surface area contributed by atoms with Gasteiger partial charge in [0.1, 0.15) is 0 Å². The van der Waals surface area contributed by atoms with Crippen molar-refractivity contribution in [1.82, 2.24) is 10.6 Å². The van der Waals surface area contributed by atoms with E-state index >= 15 is 0 Å². The molecule has 1 heterocycles. The van der Waals surface area contributed by atoms with Crippen LogP contribution in [0.15, 0.2) is 0 Å². The van der Waals surface area contributed by atoms with Gasteiger partial charge in [-0.3, -0.25) is 4.79 Å². The van der Waals surface area contributed by atoms with Crippen LogP contribution in [-0.2, 0) is 4.79 Å². The third kappa shape index (κ3) is 4.03. The van der Waals surface area contributed by atoms with Gasteiger partial charge in [0.25, 0.3) is 0 Å². The summed E-state index contributed by atoms with van der Waals surface area (Å²) in [5.74, 6) is 4.66. The Balaban J connectivity index is 2.22. The van der Waals surface area contributed by atoms with E-state index in [1.807, 2.05) is 11.8 Å². The lowest BCUT2D eigenvalue weighted by molar-refractivity contribution is -0.121. The van der Waals surface area contributed by atoms with Gasteiger partial charge >= 0.3 is 0 Å². The second-order valence-electron chi connectivity index (χ2n) is 3.39. The van der Waals surface area contributed by atoms with Crippen LogP contribution in [0.2, 0.25) is 0 Å². The maximum atomic E-state index is 11.4. The summed E-state index contributed by atoms with van der Waals surface area (Å²) in [4.78, 5) is 11.4.